The molecule has 0 saturated carbocycles. The Morgan fingerprint density at radius 3 is 1.56 bits per heavy atom. The lowest BCUT2D eigenvalue weighted by atomic mass is 10.2. The minimum absolute atomic E-state index is 0.0632. The molecule has 7 nitrogen and oxygen atoms in total. The molecule has 0 aromatic rings. The van der Waals surface area contributed by atoms with E-state index in [-0.39, 0.29) is 31.1 Å². The minimum Gasteiger partial charge on any atom is -0.481 e. The normalized spacial score (nSPS) is 12.8. The summed E-state index contributed by atoms with van der Waals surface area (Å²) < 4.78 is 0. The third-order valence-corrected chi connectivity index (χ3v) is 1.41. The maximum absolute atomic E-state index is 10.0. The SMILES string of the molecule is O=C(O)CCCC(=O)O.O=C1C=CC(=O)N1. The molecule has 1 rings (SSSR count). The van der Waals surface area contributed by atoms with Crippen LogP contribution in [-0.2, 0) is 19.2 Å². The highest BCUT2D eigenvalue weighted by Crippen LogP contribution is 1.93. The Bertz CT molecular complexity index is 303. The third-order valence-electron chi connectivity index (χ3n) is 1.41. The minimum atomic E-state index is -0.948. The fraction of sp³-hybridized carbons (Fsp3) is 0.333. The smallest absolute Gasteiger partial charge is 0.303 e. The Morgan fingerprint density at radius 2 is 1.38 bits per heavy atom. The highest BCUT2D eigenvalue weighted by molar-refractivity contribution is 6.12. The lowest BCUT2D eigenvalue weighted by Crippen LogP contribution is -2.19. The molecule has 0 saturated heterocycles. The second kappa shape index (κ2) is 7.16. The van der Waals surface area contributed by atoms with Crippen molar-refractivity contribution in [2.75, 3.05) is 0 Å². The van der Waals surface area contributed by atoms with E-state index in [0.29, 0.717) is 0 Å². The van der Waals surface area contributed by atoms with Gasteiger partial charge in [0, 0.05) is 25.0 Å². The van der Waals surface area contributed by atoms with Crippen LogP contribution in [0.25, 0.3) is 0 Å². The number of nitrogens with one attached hydrogen (secondary N) is 1. The quantitative estimate of drug-likeness (QED) is 0.560. The standard InChI is InChI=1S/C5H8O4.C4H3NO2/c6-4(7)2-1-3-5(8)9;6-3-1-2-4(7)5-3/h1-3H2,(H,6,7)(H,8,9);1-2H,(H,5,6,7). The molecule has 0 aromatic carbocycles. The molecule has 88 valence electrons. The highest BCUT2D eigenvalue weighted by Gasteiger charge is 2.06. The maximum atomic E-state index is 10.0. The Hall–Kier alpha value is -2.18. The van der Waals surface area contributed by atoms with Crippen LogP contribution in [0.15, 0.2) is 12.2 Å². The molecule has 2 amide bonds. The van der Waals surface area contributed by atoms with Crippen molar-refractivity contribution in [3.8, 4) is 0 Å². The van der Waals surface area contributed by atoms with E-state index < -0.39 is 11.9 Å². The summed E-state index contributed by atoms with van der Waals surface area (Å²) in [6.45, 7) is 0. The predicted octanol–water partition coefficient (Wildman–Crippen LogP) is -0.475. The van der Waals surface area contributed by atoms with Gasteiger partial charge in [0.2, 0.25) is 0 Å². The summed E-state index contributed by atoms with van der Waals surface area (Å²) in [5.41, 5.74) is 0. The number of carboxylic acid groups (broad SMARTS) is 2. The van der Waals surface area contributed by atoms with Gasteiger partial charge in [-0.2, -0.15) is 0 Å². The van der Waals surface area contributed by atoms with Crippen LogP contribution >= 0.6 is 0 Å². The van der Waals surface area contributed by atoms with Gasteiger partial charge in [-0.1, -0.05) is 0 Å². The highest BCUT2D eigenvalue weighted by atomic mass is 16.4. The van der Waals surface area contributed by atoms with Crippen LogP contribution < -0.4 is 5.32 Å². The number of rotatable bonds is 4. The summed E-state index contributed by atoms with van der Waals surface area (Å²) in [6.07, 6.45) is 2.48. The molecule has 0 aliphatic carbocycles. The van der Waals surface area contributed by atoms with Gasteiger partial charge in [0.15, 0.2) is 0 Å². The fourth-order valence-corrected chi connectivity index (χ4v) is 0.747. The molecule has 0 radical (unpaired) electrons. The molecule has 3 N–H and O–H groups in total. The van der Waals surface area contributed by atoms with Gasteiger partial charge >= 0.3 is 11.9 Å². The molecule has 1 aliphatic heterocycles. The lowest BCUT2D eigenvalue weighted by Gasteiger charge is -1.89. The van der Waals surface area contributed by atoms with Crippen LogP contribution in [0.3, 0.4) is 0 Å². The first-order valence-corrected chi connectivity index (χ1v) is 4.38. The molecule has 0 spiro atoms. The van der Waals surface area contributed by atoms with Crippen molar-refractivity contribution in [2.45, 2.75) is 19.3 Å². The number of carbonyl (C=O) groups excluding carboxylic acids is 2. The van der Waals surface area contributed by atoms with E-state index in [1.807, 2.05) is 5.32 Å². The van der Waals surface area contributed by atoms with Gasteiger partial charge in [0.05, 0.1) is 0 Å². The number of amides is 2. The van der Waals surface area contributed by atoms with Gasteiger partial charge in [-0.15, -0.1) is 0 Å². The van der Waals surface area contributed by atoms with Crippen molar-refractivity contribution in [2.24, 2.45) is 0 Å². The zero-order valence-electron chi connectivity index (χ0n) is 8.30. The number of aliphatic carboxylic acids is 2. The average Bonchev–Trinajstić information content (AvgIpc) is 2.49. The van der Waals surface area contributed by atoms with Crippen LogP contribution in [0.4, 0.5) is 0 Å². The Labute approximate surface area is 90.8 Å². The van der Waals surface area contributed by atoms with Crippen LogP contribution in [0.5, 0.6) is 0 Å². The number of carbonyl (C=O) groups is 4. The third kappa shape index (κ3) is 8.42. The van der Waals surface area contributed by atoms with Gasteiger partial charge < -0.3 is 10.2 Å². The van der Waals surface area contributed by atoms with Crippen molar-refractivity contribution < 1.29 is 29.4 Å². The van der Waals surface area contributed by atoms with Gasteiger partial charge in [0.25, 0.3) is 11.8 Å². The monoisotopic (exact) mass is 229 g/mol. The molecule has 0 unspecified atom stereocenters. The van der Waals surface area contributed by atoms with Crippen molar-refractivity contribution in [3.63, 3.8) is 0 Å². The van der Waals surface area contributed by atoms with Crippen LogP contribution in [-0.4, -0.2) is 34.0 Å². The summed E-state index contributed by atoms with van der Waals surface area (Å²) >= 11 is 0. The van der Waals surface area contributed by atoms with Crippen molar-refractivity contribution in [1.82, 2.24) is 5.32 Å². The molecule has 16 heavy (non-hydrogen) atoms. The molecular formula is C9H11NO6. The fourth-order valence-electron chi connectivity index (χ4n) is 0.747. The summed E-state index contributed by atoms with van der Waals surface area (Å²) in [6, 6.07) is 0. The summed E-state index contributed by atoms with van der Waals surface area (Å²) in [7, 11) is 0. The number of hydrogen-bond donors (Lipinski definition) is 3. The van der Waals surface area contributed by atoms with Crippen molar-refractivity contribution in [1.29, 1.82) is 0 Å². The molecular weight excluding hydrogens is 218 g/mol. The van der Waals surface area contributed by atoms with E-state index in [0.717, 1.165) is 0 Å². The summed E-state index contributed by atoms with van der Waals surface area (Å²) in [5, 5.41) is 18.1. The van der Waals surface area contributed by atoms with Gasteiger partial charge in [-0.25, -0.2) is 0 Å². The Morgan fingerprint density at radius 1 is 1.00 bits per heavy atom. The first kappa shape index (κ1) is 13.8. The van der Waals surface area contributed by atoms with E-state index in [1.165, 1.54) is 12.2 Å². The van der Waals surface area contributed by atoms with Crippen LogP contribution in [0.2, 0.25) is 0 Å². The molecule has 0 bridgehead atoms. The van der Waals surface area contributed by atoms with Crippen LogP contribution in [0.1, 0.15) is 19.3 Å². The van der Waals surface area contributed by atoms with Gasteiger partial charge in [-0.05, 0) is 6.42 Å². The van der Waals surface area contributed by atoms with Crippen molar-refractivity contribution in [3.05, 3.63) is 12.2 Å². The molecule has 0 atom stereocenters. The average molecular weight is 229 g/mol. The first-order valence-electron chi connectivity index (χ1n) is 4.38. The van der Waals surface area contributed by atoms with E-state index in [1.54, 1.807) is 0 Å². The number of carboxylic acids is 2. The van der Waals surface area contributed by atoms with E-state index in [2.05, 4.69) is 0 Å². The van der Waals surface area contributed by atoms with Crippen LogP contribution in [0, 0.1) is 0 Å². The second-order valence-electron chi connectivity index (χ2n) is 2.83. The first-order chi connectivity index (χ1) is 7.41. The van der Waals surface area contributed by atoms with E-state index in [4.69, 9.17) is 10.2 Å². The maximum Gasteiger partial charge on any atom is 0.303 e. The zero-order valence-corrected chi connectivity index (χ0v) is 8.30. The lowest BCUT2D eigenvalue weighted by molar-refractivity contribution is -0.138. The number of hydrogen-bond acceptors (Lipinski definition) is 4. The zero-order chi connectivity index (χ0) is 12.6. The number of imide groups is 1. The van der Waals surface area contributed by atoms with Crippen molar-refractivity contribution >= 4 is 23.8 Å². The Kier molecular flexibility index (Phi) is 6.18. The molecule has 0 fully saturated rings. The predicted molar refractivity (Wildman–Crippen MR) is 51.4 cm³/mol. The molecule has 0 aromatic heterocycles. The van der Waals surface area contributed by atoms with E-state index in [9.17, 15) is 19.2 Å². The molecule has 1 heterocycles. The Balaban J connectivity index is 0.000000288. The van der Waals surface area contributed by atoms with Gasteiger partial charge in [0.1, 0.15) is 0 Å². The summed E-state index contributed by atoms with van der Waals surface area (Å²) in [5.74, 6) is -2.55. The second-order valence-corrected chi connectivity index (χ2v) is 2.83. The largest absolute Gasteiger partial charge is 0.481 e. The molecule has 7 heteroatoms. The van der Waals surface area contributed by atoms with E-state index >= 15 is 0 Å². The van der Waals surface area contributed by atoms with Gasteiger partial charge in [-0.3, -0.25) is 24.5 Å². The summed E-state index contributed by atoms with van der Waals surface area (Å²) in [4.78, 5) is 39.6. The topological polar surface area (TPSA) is 121 Å². The molecule has 1 aliphatic rings.